The molecule has 1 fully saturated rings. The van der Waals surface area contributed by atoms with Crippen molar-refractivity contribution >= 4 is 12.4 Å². The molecule has 0 heterocycles. The van der Waals surface area contributed by atoms with Crippen LogP contribution >= 0.6 is 12.4 Å². The number of benzene rings is 1. The molecular formula is C12H17ClFNO. The third-order valence-corrected chi connectivity index (χ3v) is 2.65. The van der Waals surface area contributed by atoms with Gasteiger partial charge in [-0.2, -0.15) is 0 Å². The predicted octanol–water partition coefficient (Wildman–Crippen LogP) is 3.06. The van der Waals surface area contributed by atoms with E-state index in [1.807, 2.05) is 6.92 Å². The Hall–Kier alpha value is -0.800. The van der Waals surface area contributed by atoms with E-state index in [4.69, 9.17) is 10.5 Å². The molecule has 1 atom stereocenters. The molecular weight excluding hydrogens is 229 g/mol. The van der Waals surface area contributed by atoms with E-state index >= 15 is 0 Å². The van der Waals surface area contributed by atoms with Crippen molar-refractivity contribution < 1.29 is 9.13 Å². The second-order valence-electron chi connectivity index (χ2n) is 4.23. The molecule has 0 spiro atoms. The molecule has 0 amide bonds. The molecule has 1 aromatic rings. The highest BCUT2D eigenvalue weighted by Gasteiger charge is 2.22. The van der Waals surface area contributed by atoms with E-state index in [1.165, 1.54) is 18.9 Å². The zero-order chi connectivity index (χ0) is 10.8. The third kappa shape index (κ3) is 3.35. The summed E-state index contributed by atoms with van der Waals surface area (Å²) in [5, 5.41) is 0. The van der Waals surface area contributed by atoms with Gasteiger partial charge in [0.1, 0.15) is 0 Å². The topological polar surface area (TPSA) is 35.2 Å². The minimum atomic E-state index is -0.306. The maximum Gasteiger partial charge on any atom is 0.165 e. The molecule has 0 bridgehead atoms. The maximum absolute atomic E-state index is 13.3. The number of nitrogens with two attached hydrogens (primary N) is 1. The van der Waals surface area contributed by atoms with Gasteiger partial charge < -0.3 is 10.5 Å². The van der Waals surface area contributed by atoms with Crippen molar-refractivity contribution in [2.75, 3.05) is 6.61 Å². The van der Waals surface area contributed by atoms with Gasteiger partial charge in [-0.1, -0.05) is 6.07 Å². The Morgan fingerprint density at radius 1 is 1.50 bits per heavy atom. The van der Waals surface area contributed by atoms with Crippen molar-refractivity contribution in [3.8, 4) is 5.75 Å². The van der Waals surface area contributed by atoms with Crippen LogP contribution in [0.25, 0.3) is 0 Å². The quantitative estimate of drug-likeness (QED) is 0.885. The molecule has 2 nitrogen and oxygen atoms in total. The first-order valence-electron chi connectivity index (χ1n) is 5.34. The highest BCUT2D eigenvalue weighted by molar-refractivity contribution is 5.85. The van der Waals surface area contributed by atoms with E-state index in [2.05, 4.69) is 0 Å². The van der Waals surface area contributed by atoms with Crippen LogP contribution in [-0.4, -0.2) is 6.61 Å². The first-order chi connectivity index (χ1) is 7.16. The summed E-state index contributed by atoms with van der Waals surface area (Å²) in [6, 6.07) is 4.72. The second kappa shape index (κ2) is 5.51. The number of halogens is 2. The molecule has 4 heteroatoms. The average Bonchev–Trinajstić information content (AvgIpc) is 3.00. The molecule has 2 rings (SSSR count). The standard InChI is InChI=1S/C12H16FNO.ClH/c1-8(14)10-4-5-11(13)12(6-10)15-7-9-2-3-9;/h4-6,8-9H,2-3,7,14H2,1H3;1H. The maximum atomic E-state index is 13.3. The van der Waals surface area contributed by atoms with Crippen LogP contribution in [0.3, 0.4) is 0 Å². The molecule has 1 unspecified atom stereocenters. The van der Waals surface area contributed by atoms with E-state index < -0.39 is 0 Å². The summed E-state index contributed by atoms with van der Waals surface area (Å²) in [5.41, 5.74) is 6.63. The number of hydrogen-bond acceptors (Lipinski definition) is 2. The molecule has 0 saturated heterocycles. The number of ether oxygens (including phenoxy) is 1. The average molecular weight is 246 g/mol. The normalized spacial score (nSPS) is 16.4. The van der Waals surface area contributed by atoms with Gasteiger partial charge in [0.15, 0.2) is 11.6 Å². The Kier molecular flexibility index (Phi) is 4.56. The lowest BCUT2D eigenvalue weighted by molar-refractivity contribution is 0.285. The number of rotatable bonds is 4. The summed E-state index contributed by atoms with van der Waals surface area (Å²) >= 11 is 0. The molecule has 1 saturated carbocycles. The highest BCUT2D eigenvalue weighted by Crippen LogP contribution is 2.30. The fraction of sp³-hybridized carbons (Fsp3) is 0.500. The molecule has 1 aromatic carbocycles. The van der Waals surface area contributed by atoms with Crippen molar-refractivity contribution in [3.63, 3.8) is 0 Å². The lowest BCUT2D eigenvalue weighted by Crippen LogP contribution is -2.07. The van der Waals surface area contributed by atoms with Gasteiger partial charge >= 0.3 is 0 Å². The SMILES string of the molecule is CC(N)c1ccc(F)c(OCC2CC2)c1.Cl. The molecule has 1 aliphatic rings. The summed E-state index contributed by atoms with van der Waals surface area (Å²) in [7, 11) is 0. The van der Waals surface area contributed by atoms with Crippen molar-refractivity contribution in [2.45, 2.75) is 25.8 Å². The first kappa shape index (κ1) is 13.3. The van der Waals surface area contributed by atoms with Gasteiger partial charge in [-0.25, -0.2) is 4.39 Å². The summed E-state index contributed by atoms with van der Waals surface area (Å²) in [5.74, 6) is 0.653. The van der Waals surface area contributed by atoms with E-state index in [9.17, 15) is 4.39 Å². The van der Waals surface area contributed by atoms with Crippen LogP contribution in [0.5, 0.6) is 5.75 Å². The van der Waals surface area contributed by atoms with E-state index in [-0.39, 0.29) is 24.3 Å². The van der Waals surface area contributed by atoms with E-state index in [1.54, 1.807) is 12.1 Å². The Morgan fingerprint density at radius 3 is 2.75 bits per heavy atom. The van der Waals surface area contributed by atoms with Gasteiger partial charge in [-0.05, 0) is 43.4 Å². The van der Waals surface area contributed by atoms with Gasteiger partial charge in [0.05, 0.1) is 6.61 Å². The smallest absolute Gasteiger partial charge is 0.165 e. The van der Waals surface area contributed by atoms with Gasteiger partial charge in [0.25, 0.3) is 0 Å². The lowest BCUT2D eigenvalue weighted by atomic mass is 10.1. The Balaban J connectivity index is 0.00000128. The monoisotopic (exact) mass is 245 g/mol. The zero-order valence-corrected chi connectivity index (χ0v) is 10.1. The Bertz CT molecular complexity index is 353. The van der Waals surface area contributed by atoms with Crippen LogP contribution in [0.1, 0.15) is 31.4 Å². The molecule has 0 radical (unpaired) electrons. The summed E-state index contributed by atoms with van der Waals surface area (Å²) in [6.07, 6.45) is 2.41. The van der Waals surface area contributed by atoms with E-state index in [0.717, 1.165) is 5.56 Å². The van der Waals surface area contributed by atoms with Gasteiger partial charge in [0.2, 0.25) is 0 Å². The van der Waals surface area contributed by atoms with Crippen molar-refractivity contribution in [2.24, 2.45) is 11.7 Å². The largest absolute Gasteiger partial charge is 0.490 e. The van der Waals surface area contributed by atoms with E-state index in [0.29, 0.717) is 18.3 Å². The second-order valence-corrected chi connectivity index (χ2v) is 4.23. The van der Waals surface area contributed by atoms with Crippen LogP contribution in [0.15, 0.2) is 18.2 Å². The van der Waals surface area contributed by atoms with Crippen molar-refractivity contribution in [3.05, 3.63) is 29.6 Å². The van der Waals surface area contributed by atoms with Gasteiger partial charge in [0, 0.05) is 6.04 Å². The molecule has 16 heavy (non-hydrogen) atoms. The lowest BCUT2D eigenvalue weighted by Gasteiger charge is -2.10. The fourth-order valence-corrected chi connectivity index (χ4v) is 1.41. The van der Waals surface area contributed by atoms with Crippen LogP contribution in [0.4, 0.5) is 4.39 Å². The molecule has 1 aliphatic carbocycles. The molecule has 90 valence electrons. The Labute approximate surface area is 101 Å². The van der Waals surface area contributed by atoms with Crippen LogP contribution < -0.4 is 10.5 Å². The zero-order valence-electron chi connectivity index (χ0n) is 9.28. The van der Waals surface area contributed by atoms with Crippen LogP contribution in [0.2, 0.25) is 0 Å². The molecule has 0 aliphatic heterocycles. The first-order valence-corrected chi connectivity index (χ1v) is 5.34. The Morgan fingerprint density at radius 2 is 2.19 bits per heavy atom. The minimum Gasteiger partial charge on any atom is -0.490 e. The highest BCUT2D eigenvalue weighted by atomic mass is 35.5. The molecule has 0 aromatic heterocycles. The van der Waals surface area contributed by atoms with Gasteiger partial charge in [-0.15, -0.1) is 12.4 Å². The predicted molar refractivity (Wildman–Crippen MR) is 64.5 cm³/mol. The number of hydrogen-bond donors (Lipinski definition) is 1. The minimum absolute atomic E-state index is 0. The third-order valence-electron chi connectivity index (χ3n) is 2.65. The summed E-state index contributed by atoms with van der Waals surface area (Å²) in [4.78, 5) is 0. The summed E-state index contributed by atoms with van der Waals surface area (Å²) in [6.45, 7) is 2.50. The molecule has 2 N–H and O–H groups in total. The van der Waals surface area contributed by atoms with Crippen molar-refractivity contribution in [1.29, 1.82) is 0 Å². The fourth-order valence-electron chi connectivity index (χ4n) is 1.41. The van der Waals surface area contributed by atoms with Crippen LogP contribution in [-0.2, 0) is 0 Å². The van der Waals surface area contributed by atoms with Crippen LogP contribution in [0, 0.1) is 11.7 Å². The summed E-state index contributed by atoms with van der Waals surface area (Å²) < 4.78 is 18.8. The van der Waals surface area contributed by atoms with Crippen molar-refractivity contribution in [1.82, 2.24) is 0 Å². The van der Waals surface area contributed by atoms with Gasteiger partial charge in [-0.3, -0.25) is 0 Å².